The molecule has 0 radical (unpaired) electrons. The van der Waals surface area contributed by atoms with Crippen LogP contribution < -0.4 is 10.1 Å². The van der Waals surface area contributed by atoms with Crippen LogP contribution in [0.25, 0.3) is 0 Å². The first-order valence-electron chi connectivity index (χ1n) is 5.69. The van der Waals surface area contributed by atoms with Gasteiger partial charge in [-0.05, 0) is 37.1 Å². The predicted molar refractivity (Wildman–Crippen MR) is 64.3 cm³/mol. The van der Waals surface area contributed by atoms with E-state index in [0.717, 1.165) is 0 Å². The van der Waals surface area contributed by atoms with Crippen LogP contribution in [0.2, 0.25) is 0 Å². The Morgan fingerprint density at radius 1 is 1.29 bits per heavy atom. The second-order valence-electron chi connectivity index (χ2n) is 4.35. The van der Waals surface area contributed by atoms with E-state index in [-0.39, 0.29) is 11.7 Å². The first-order chi connectivity index (χ1) is 7.99. The van der Waals surface area contributed by atoms with Crippen molar-refractivity contribution >= 4 is 5.91 Å². The van der Waals surface area contributed by atoms with E-state index in [0.29, 0.717) is 18.2 Å². The Morgan fingerprint density at radius 3 is 2.41 bits per heavy atom. The zero-order valence-corrected chi connectivity index (χ0v) is 10.4. The molecule has 0 fully saturated rings. The quantitative estimate of drug-likeness (QED) is 0.856. The Morgan fingerprint density at radius 2 is 1.88 bits per heavy atom. The molecule has 0 saturated carbocycles. The number of halogens is 1. The number of carbonyl (C=O) groups is 1. The molecule has 1 atom stereocenters. The smallest absolute Gasteiger partial charge is 0.260 e. The molecule has 0 aliphatic carbocycles. The van der Waals surface area contributed by atoms with Crippen molar-refractivity contribution in [1.82, 2.24) is 5.32 Å². The molecular formula is C13H18FNO2. The molecule has 1 aromatic carbocycles. The average Bonchev–Trinajstić information content (AvgIpc) is 2.28. The molecule has 0 heterocycles. The van der Waals surface area contributed by atoms with Gasteiger partial charge >= 0.3 is 0 Å². The minimum Gasteiger partial charge on any atom is -0.481 e. The minimum absolute atomic E-state index is 0.164. The lowest BCUT2D eigenvalue weighted by Crippen LogP contribution is -2.38. The number of ether oxygens (including phenoxy) is 1. The summed E-state index contributed by atoms with van der Waals surface area (Å²) in [6, 6.07) is 5.60. The number of carbonyl (C=O) groups excluding carboxylic acids is 1. The third-order valence-corrected chi connectivity index (χ3v) is 2.18. The van der Waals surface area contributed by atoms with Gasteiger partial charge in [-0.2, -0.15) is 0 Å². The maximum absolute atomic E-state index is 12.7. The van der Waals surface area contributed by atoms with Crippen molar-refractivity contribution in [1.29, 1.82) is 0 Å². The van der Waals surface area contributed by atoms with Crippen LogP contribution in [0.4, 0.5) is 4.39 Å². The van der Waals surface area contributed by atoms with Gasteiger partial charge < -0.3 is 10.1 Å². The maximum atomic E-state index is 12.7. The molecule has 0 unspecified atom stereocenters. The van der Waals surface area contributed by atoms with E-state index in [4.69, 9.17) is 4.74 Å². The molecule has 4 heteroatoms. The molecule has 0 spiro atoms. The highest BCUT2D eigenvalue weighted by Gasteiger charge is 2.14. The van der Waals surface area contributed by atoms with Crippen LogP contribution in [0.15, 0.2) is 24.3 Å². The summed E-state index contributed by atoms with van der Waals surface area (Å²) in [6.45, 7) is 6.33. The van der Waals surface area contributed by atoms with E-state index in [1.807, 2.05) is 13.8 Å². The van der Waals surface area contributed by atoms with Crippen molar-refractivity contribution < 1.29 is 13.9 Å². The van der Waals surface area contributed by atoms with Crippen molar-refractivity contribution in [3.05, 3.63) is 30.1 Å². The van der Waals surface area contributed by atoms with E-state index in [9.17, 15) is 9.18 Å². The van der Waals surface area contributed by atoms with Crippen LogP contribution in [0.5, 0.6) is 5.75 Å². The highest BCUT2D eigenvalue weighted by Crippen LogP contribution is 2.12. The van der Waals surface area contributed by atoms with E-state index < -0.39 is 6.10 Å². The summed E-state index contributed by atoms with van der Waals surface area (Å²) in [5.74, 6) is 0.396. The summed E-state index contributed by atoms with van der Waals surface area (Å²) in [5, 5.41) is 2.78. The summed E-state index contributed by atoms with van der Waals surface area (Å²) in [5.41, 5.74) is 0. The number of amides is 1. The first kappa shape index (κ1) is 13.5. The Labute approximate surface area is 101 Å². The first-order valence-corrected chi connectivity index (χ1v) is 5.69. The average molecular weight is 239 g/mol. The molecule has 1 aromatic rings. The van der Waals surface area contributed by atoms with Crippen LogP contribution in [0, 0.1) is 11.7 Å². The van der Waals surface area contributed by atoms with Gasteiger partial charge in [0.05, 0.1) is 0 Å². The standard InChI is InChI=1S/C13H18FNO2/c1-9(2)8-15-13(16)10(3)17-12-6-4-11(14)5-7-12/h4-7,9-10H,8H2,1-3H3,(H,15,16)/t10-/m1/s1. The van der Waals surface area contributed by atoms with E-state index >= 15 is 0 Å². The second-order valence-corrected chi connectivity index (χ2v) is 4.35. The monoisotopic (exact) mass is 239 g/mol. The topological polar surface area (TPSA) is 38.3 Å². The molecule has 1 rings (SSSR count). The second kappa shape index (κ2) is 6.23. The van der Waals surface area contributed by atoms with Crippen molar-refractivity contribution in [3.8, 4) is 5.75 Å². The lowest BCUT2D eigenvalue weighted by molar-refractivity contribution is -0.127. The van der Waals surface area contributed by atoms with E-state index in [2.05, 4.69) is 5.32 Å². The summed E-state index contributed by atoms with van der Waals surface area (Å²) < 4.78 is 18.0. The molecular weight excluding hydrogens is 221 g/mol. The molecule has 3 nitrogen and oxygen atoms in total. The fraction of sp³-hybridized carbons (Fsp3) is 0.462. The summed E-state index contributed by atoms with van der Waals surface area (Å²) in [6.07, 6.45) is -0.584. The summed E-state index contributed by atoms with van der Waals surface area (Å²) in [4.78, 5) is 11.6. The molecule has 0 aromatic heterocycles. The zero-order chi connectivity index (χ0) is 12.8. The van der Waals surface area contributed by atoms with Gasteiger partial charge in [0, 0.05) is 6.54 Å². The maximum Gasteiger partial charge on any atom is 0.260 e. The molecule has 0 aliphatic heterocycles. The Hall–Kier alpha value is -1.58. The van der Waals surface area contributed by atoms with Gasteiger partial charge in [-0.1, -0.05) is 13.8 Å². The highest BCUT2D eigenvalue weighted by atomic mass is 19.1. The molecule has 0 aliphatic rings. The van der Waals surface area contributed by atoms with Crippen LogP contribution in [0.3, 0.4) is 0 Å². The largest absolute Gasteiger partial charge is 0.481 e. The molecule has 0 saturated heterocycles. The van der Waals surface area contributed by atoms with Crippen LogP contribution in [0.1, 0.15) is 20.8 Å². The van der Waals surface area contributed by atoms with Gasteiger partial charge in [0.25, 0.3) is 5.91 Å². The highest BCUT2D eigenvalue weighted by molar-refractivity contribution is 5.80. The normalized spacial score (nSPS) is 12.3. The van der Waals surface area contributed by atoms with Gasteiger partial charge in [0.1, 0.15) is 11.6 Å². The van der Waals surface area contributed by atoms with Gasteiger partial charge in [-0.3, -0.25) is 4.79 Å². The molecule has 1 N–H and O–H groups in total. The minimum atomic E-state index is -0.584. The molecule has 94 valence electrons. The molecule has 1 amide bonds. The third kappa shape index (κ3) is 4.85. The zero-order valence-electron chi connectivity index (χ0n) is 10.4. The van der Waals surface area contributed by atoms with Crippen LogP contribution in [-0.4, -0.2) is 18.6 Å². The SMILES string of the molecule is CC(C)CNC(=O)[C@@H](C)Oc1ccc(F)cc1. The number of hydrogen-bond acceptors (Lipinski definition) is 2. The van der Waals surface area contributed by atoms with Gasteiger partial charge in [0.2, 0.25) is 0 Å². The van der Waals surface area contributed by atoms with Crippen molar-refractivity contribution in [2.24, 2.45) is 5.92 Å². The van der Waals surface area contributed by atoms with E-state index in [1.54, 1.807) is 6.92 Å². The lowest BCUT2D eigenvalue weighted by Gasteiger charge is -2.15. The predicted octanol–water partition coefficient (Wildman–Crippen LogP) is 2.37. The molecule has 0 bridgehead atoms. The Balaban J connectivity index is 2.45. The summed E-state index contributed by atoms with van der Waals surface area (Å²) >= 11 is 0. The van der Waals surface area contributed by atoms with Crippen LogP contribution in [-0.2, 0) is 4.79 Å². The van der Waals surface area contributed by atoms with Gasteiger partial charge in [-0.15, -0.1) is 0 Å². The molecule has 17 heavy (non-hydrogen) atoms. The van der Waals surface area contributed by atoms with Gasteiger partial charge in [-0.25, -0.2) is 4.39 Å². The van der Waals surface area contributed by atoms with Crippen molar-refractivity contribution in [3.63, 3.8) is 0 Å². The Bertz CT molecular complexity index is 362. The third-order valence-electron chi connectivity index (χ3n) is 2.18. The number of hydrogen-bond donors (Lipinski definition) is 1. The van der Waals surface area contributed by atoms with E-state index in [1.165, 1.54) is 24.3 Å². The van der Waals surface area contributed by atoms with Crippen molar-refractivity contribution in [2.45, 2.75) is 26.9 Å². The van der Waals surface area contributed by atoms with Crippen molar-refractivity contribution in [2.75, 3.05) is 6.54 Å². The van der Waals surface area contributed by atoms with Crippen LogP contribution >= 0.6 is 0 Å². The Kier molecular flexibility index (Phi) is 4.94. The number of benzene rings is 1. The van der Waals surface area contributed by atoms with Gasteiger partial charge in [0.15, 0.2) is 6.10 Å². The number of rotatable bonds is 5. The fourth-order valence-corrected chi connectivity index (χ4v) is 1.22. The summed E-state index contributed by atoms with van der Waals surface area (Å²) in [7, 11) is 0. The fourth-order valence-electron chi connectivity index (χ4n) is 1.22. The number of nitrogens with one attached hydrogen (secondary N) is 1. The lowest BCUT2D eigenvalue weighted by atomic mass is 10.2.